The van der Waals surface area contributed by atoms with Crippen LogP contribution in [0.1, 0.15) is 23.5 Å². The Balaban J connectivity index is 1.60. The Hall–Kier alpha value is -2.33. The van der Waals surface area contributed by atoms with Gasteiger partial charge in [-0.2, -0.15) is 0 Å². The van der Waals surface area contributed by atoms with E-state index in [2.05, 4.69) is 5.32 Å². The maximum absolute atomic E-state index is 12.4. The summed E-state index contributed by atoms with van der Waals surface area (Å²) in [6, 6.07) is 16.4. The van der Waals surface area contributed by atoms with Crippen molar-refractivity contribution in [2.75, 3.05) is 0 Å². The Morgan fingerprint density at radius 3 is 2.42 bits per heavy atom. The summed E-state index contributed by atoms with van der Waals surface area (Å²) in [4.78, 5) is 24.1. The largest absolute Gasteiger partial charge is 0.368 e. The van der Waals surface area contributed by atoms with Crippen LogP contribution >= 0.6 is 11.6 Å². The molecule has 124 valence electrons. The third kappa shape index (κ3) is 3.95. The average Bonchev–Trinajstić information content (AvgIpc) is 3.36. The van der Waals surface area contributed by atoms with Gasteiger partial charge in [-0.25, -0.2) is 0 Å². The van der Waals surface area contributed by atoms with E-state index in [4.69, 9.17) is 17.3 Å². The van der Waals surface area contributed by atoms with Crippen LogP contribution in [0.2, 0.25) is 5.02 Å². The molecule has 1 fully saturated rings. The van der Waals surface area contributed by atoms with E-state index in [1.54, 1.807) is 0 Å². The van der Waals surface area contributed by atoms with Crippen LogP contribution in [0.5, 0.6) is 0 Å². The SMILES string of the molecule is NC(=O)[C@H](Cc1ccccc1)NC(=O)[C@@H]1C[C@H]1c1ccc(Cl)cc1. The summed E-state index contributed by atoms with van der Waals surface area (Å²) < 4.78 is 0. The first kappa shape index (κ1) is 16.5. The number of benzene rings is 2. The van der Waals surface area contributed by atoms with Gasteiger partial charge in [0.25, 0.3) is 0 Å². The fraction of sp³-hybridized carbons (Fsp3) is 0.263. The lowest BCUT2D eigenvalue weighted by atomic mass is 10.0. The highest BCUT2D eigenvalue weighted by Gasteiger charge is 2.44. The molecule has 0 heterocycles. The van der Waals surface area contributed by atoms with E-state index in [-0.39, 0.29) is 17.7 Å². The molecule has 1 aliphatic rings. The van der Waals surface area contributed by atoms with Gasteiger partial charge >= 0.3 is 0 Å². The molecule has 0 aliphatic heterocycles. The van der Waals surface area contributed by atoms with Gasteiger partial charge < -0.3 is 11.1 Å². The number of rotatable bonds is 6. The van der Waals surface area contributed by atoms with Crippen molar-refractivity contribution >= 4 is 23.4 Å². The lowest BCUT2D eigenvalue weighted by Gasteiger charge is -2.15. The predicted octanol–water partition coefficient (Wildman–Crippen LogP) is 2.66. The molecule has 0 saturated heterocycles. The molecule has 1 aliphatic carbocycles. The molecular weight excluding hydrogens is 324 g/mol. The average molecular weight is 343 g/mol. The standard InChI is InChI=1S/C19H19ClN2O2/c20-14-8-6-13(7-9-14)15-11-16(15)19(24)22-17(18(21)23)10-12-4-2-1-3-5-12/h1-9,15-17H,10-11H2,(H2,21,23)(H,22,24)/t15-,16+,17-/m0/s1. The molecule has 2 aromatic carbocycles. The van der Waals surface area contributed by atoms with Crippen molar-refractivity contribution in [2.24, 2.45) is 11.7 Å². The van der Waals surface area contributed by atoms with Crippen LogP contribution in [0, 0.1) is 5.92 Å². The van der Waals surface area contributed by atoms with Gasteiger partial charge in [-0.15, -0.1) is 0 Å². The zero-order valence-electron chi connectivity index (χ0n) is 13.1. The third-order valence-corrected chi connectivity index (χ3v) is 4.62. The van der Waals surface area contributed by atoms with Gasteiger partial charge in [0.15, 0.2) is 0 Å². The first-order chi connectivity index (χ1) is 11.5. The lowest BCUT2D eigenvalue weighted by molar-refractivity contribution is -0.128. The van der Waals surface area contributed by atoms with E-state index in [1.165, 1.54) is 0 Å². The third-order valence-electron chi connectivity index (χ3n) is 4.37. The van der Waals surface area contributed by atoms with Crippen LogP contribution < -0.4 is 11.1 Å². The molecule has 5 heteroatoms. The second kappa shape index (κ2) is 7.05. The molecule has 2 amide bonds. The quantitative estimate of drug-likeness (QED) is 0.847. The van der Waals surface area contributed by atoms with Crippen LogP contribution in [0.15, 0.2) is 54.6 Å². The van der Waals surface area contributed by atoms with E-state index < -0.39 is 11.9 Å². The van der Waals surface area contributed by atoms with Gasteiger partial charge in [0, 0.05) is 17.4 Å². The minimum Gasteiger partial charge on any atom is -0.368 e. The minimum atomic E-state index is -0.689. The van der Waals surface area contributed by atoms with E-state index in [9.17, 15) is 9.59 Å². The van der Waals surface area contributed by atoms with Crippen molar-refractivity contribution in [3.8, 4) is 0 Å². The molecule has 0 spiro atoms. The van der Waals surface area contributed by atoms with Crippen LogP contribution in [0.3, 0.4) is 0 Å². The number of nitrogens with two attached hydrogens (primary N) is 1. The second-order valence-electron chi connectivity index (χ2n) is 6.15. The van der Waals surface area contributed by atoms with Gasteiger partial charge in [0.2, 0.25) is 11.8 Å². The fourth-order valence-electron chi connectivity index (χ4n) is 2.91. The Kier molecular flexibility index (Phi) is 4.86. The molecule has 3 rings (SSSR count). The zero-order valence-corrected chi connectivity index (χ0v) is 13.9. The van der Waals surface area contributed by atoms with Crippen molar-refractivity contribution in [3.05, 3.63) is 70.7 Å². The van der Waals surface area contributed by atoms with Crippen LogP contribution in [0.4, 0.5) is 0 Å². The van der Waals surface area contributed by atoms with Gasteiger partial charge in [-0.3, -0.25) is 9.59 Å². The summed E-state index contributed by atoms with van der Waals surface area (Å²) >= 11 is 5.89. The van der Waals surface area contributed by atoms with Crippen LogP contribution in [0.25, 0.3) is 0 Å². The molecule has 0 radical (unpaired) electrons. The number of amides is 2. The van der Waals surface area contributed by atoms with Crippen molar-refractivity contribution in [1.29, 1.82) is 0 Å². The van der Waals surface area contributed by atoms with Crippen LogP contribution in [-0.2, 0) is 16.0 Å². The monoisotopic (exact) mass is 342 g/mol. The van der Waals surface area contributed by atoms with Gasteiger partial charge in [0.1, 0.15) is 6.04 Å². The van der Waals surface area contributed by atoms with Gasteiger partial charge in [-0.05, 0) is 35.6 Å². The fourth-order valence-corrected chi connectivity index (χ4v) is 3.04. The number of nitrogens with one attached hydrogen (secondary N) is 1. The molecule has 0 bridgehead atoms. The maximum atomic E-state index is 12.4. The molecule has 3 atom stereocenters. The summed E-state index contributed by atoms with van der Waals surface area (Å²) in [5, 5.41) is 3.48. The Labute approximate surface area is 146 Å². The maximum Gasteiger partial charge on any atom is 0.240 e. The summed E-state index contributed by atoms with van der Waals surface area (Å²) in [6.07, 6.45) is 1.19. The molecular formula is C19H19ClN2O2. The molecule has 3 N–H and O–H groups in total. The Bertz CT molecular complexity index is 731. The number of carbonyl (C=O) groups excluding carboxylic acids is 2. The Morgan fingerprint density at radius 1 is 1.12 bits per heavy atom. The highest BCUT2D eigenvalue weighted by molar-refractivity contribution is 6.30. The van der Waals surface area contributed by atoms with Crippen LogP contribution in [-0.4, -0.2) is 17.9 Å². The van der Waals surface area contributed by atoms with Crippen molar-refractivity contribution in [1.82, 2.24) is 5.32 Å². The van der Waals surface area contributed by atoms with E-state index in [0.717, 1.165) is 17.5 Å². The number of hydrogen-bond donors (Lipinski definition) is 2. The van der Waals surface area contributed by atoms with E-state index >= 15 is 0 Å². The molecule has 4 nitrogen and oxygen atoms in total. The van der Waals surface area contributed by atoms with Gasteiger partial charge in [0.05, 0.1) is 0 Å². The smallest absolute Gasteiger partial charge is 0.240 e. The molecule has 0 aromatic heterocycles. The molecule has 2 aromatic rings. The number of carbonyl (C=O) groups is 2. The summed E-state index contributed by atoms with van der Waals surface area (Å²) in [5.41, 5.74) is 7.51. The topological polar surface area (TPSA) is 72.2 Å². The number of halogens is 1. The van der Waals surface area contributed by atoms with Crippen molar-refractivity contribution < 1.29 is 9.59 Å². The lowest BCUT2D eigenvalue weighted by Crippen LogP contribution is -2.46. The van der Waals surface area contributed by atoms with E-state index in [1.807, 2.05) is 54.6 Å². The molecule has 0 unspecified atom stereocenters. The summed E-state index contributed by atoms with van der Waals surface area (Å²) in [6.45, 7) is 0. The normalized spacial score (nSPS) is 20.2. The first-order valence-corrected chi connectivity index (χ1v) is 8.31. The highest BCUT2D eigenvalue weighted by Crippen LogP contribution is 2.47. The number of primary amides is 1. The van der Waals surface area contributed by atoms with Crippen molar-refractivity contribution in [2.45, 2.75) is 24.8 Å². The zero-order chi connectivity index (χ0) is 17.1. The van der Waals surface area contributed by atoms with E-state index in [0.29, 0.717) is 11.4 Å². The summed E-state index contributed by atoms with van der Waals surface area (Å²) in [5.74, 6) is -0.554. The first-order valence-electron chi connectivity index (χ1n) is 7.93. The molecule has 24 heavy (non-hydrogen) atoms. The van der Waals surface area contributed by atoms with Crippen molar-refractivity contribution in [3.63, 3.8) is 0 Å². The molecule has 1 saturated carbocycles. The highest BCUT2D eigenvalue weighted by atomic mass is 35.5. The number of hydrogen-bond acceptors (Lipinski definition) is 2. The van der Waals surface area contributed by atoms with Gasteiger partial charge in [-0.1, -0.05) is 54.1 Å². The Morgan fingerprint density at radius 2 is 1.79 bits per heavy atom. The predicted molar refractivity (Wildman–Crippen MR) is 93.6 cm³/mol. The minimum absolute atomic E-state index is 0.108. The summed E-state index contributed by atoms with van der Waals surface area (Å²) in [7, 11) is 0. The second-order valence-corrected chi connectivity index (χ2v) is 6.59.